The van der Waals surface area contributed by atoms with Crippen LogP contribution in [-0.2, 0) is 16.0 Å². The highest BCUT2D eigenvalue weighted by Gasteiger charge is 2.17. The Kier molecular flexibility index (Phi) is 3.20. The second kappa shape index (κ2) is 4.92. The summed E-state index contributed by atoms with van der Waals surface area (Å²) in [6, 6.07) is 13.7. The molecule has 3 heteroatoms. The van der Waals surface area contributed by atoms with Crippen LogP contribution in [-0.4, -0.2) is 11.6 Å². The van der Waals surface area contributed by atoms with Gasteiger partial charge in [0.15, 0.2) is 0 Å². The predicted octanol–water partition coefficient (Wildman–Crippen LogP) is 4.47. The summed E-state index contributed by atoms with van der Waals surface area (Å²) in [7, 11) is 0. The van der Waals surface area contributed by atoms with Gasteiger partial charge in [0, 0.05) is 10.8 Å². The van der Waals surface area contributed by atoms with Crippen molar-refractivity contribution in [1.82, 2.24) is 0 Å². The summed E-state index contributed by atoms with van der Waals surface area (Å²) in [6.07, 6.45) is 0.271. The number of esters is 1. The van der Waals surface area contributed by atoms with E-state index in [-0.39, 0.29) is 12.4 Å². The van der Waals surface area contributed by atoms with Crippen molar-refractivity contribution in [2.45, 2.75) is 32.8 Å². The van der Waals surface area contributed by atoms with E-state index in [9.17, 15) is 4.79 Å². The molecule has 0 bridgehead atoms. The fourth-order valence-electron chi connectivity index (χ4n) is 2.43. The molecule has 0 saturated heterocycles. The maximum atomic E-state index is 11.9. The predicted molar refractivity (Wildman–Crippen MR) is 83.3 cm³/mol. The average molecular weight is 282 g/mol. The second-order valence-electron chi connectivity index (χ2n) is 6.19. The van der Waals surface area contributed by atoms with Gasteiger partial charge in [0.25, 0.3) is 0 Å². The fraction of sp³-hybridized carbons (Fsp3) is 0.278. The third kappa shape index (κ3) is 2.92. The molecule has 3 aromatic rings. The van der Waals surface area contributed by atoms with E-state index in [4.69, 9.17) is 9.15 Å². The molecule has 0 aliphatic heterocycles. The Balaban J connectivity index is 1.94. The Labute approximate surface area is 123 Å². The van der Waals surface area contributed by atoms with Crippen LogP contribution in [0.2, 0.25) is 0 Å². The topological polar surface area (TPSA) is 39.4 Å². The van der Waals surface area contributed by atoms with Crippen LogP contribution in [0.5, 0.6) is 0 Å². The van der Waals surface area contributed by atoms with Gasteiger partial charge in [0.2, 0.25) is 0 Å². The Hall–Kier alpha value is -2.29. The molecular formula is C18H18O3. The molecule has 2 aromatic carbocycles. The van der Waals surface area contributed by atoms with E-state index in [0.717, 1.165) is 27.5 Å². The monoisotopic (exact) mass is 282 g/mol. The number of hydrogen-bond donors (Lipinski definition) is 0. The van der Waals surface area contributed by atoms with Crippen molar-refractivity contribution in [2.24, 2.45) is 0 Å². The van der Waals surface area contributed by atoms with Gasteiger partial charge < -0.3 is 9.15 Å². The molecule has 1 aromatic heterocycles. The number of hydrogen-bond acceptors (Lipinski definition) is 3. The van der Waals surface area contributed by atoms with Gasteiger partial charge in [-0.3, -0.25) is 4.79 Å². The molecule has 0 saturated carbocycles. The van der Waals surface area contributed by atoms with Crippen LogP contribution >= 0.6 is 0 Å². The van der Waals surface area contributed by atoms with Crippen molar-refractivity contribution >= 4 is 27.9 Å². The normalized spacial score (nSPS) is 12.0. The molecule has 3 nitrogen and oxygen atoms in total. The van der Waals surface area contributed by atoms with Gasteiger partial charge in [-0.15, -0.1) is 0 Å². The highest BCUT2D eigenvalue weighted by Crippen LogP contribution is 2.29. The van der Waals surface area contributed by atoms with Gasteiger partial charge in [0.05, 0.1) is 6.42 Å². The summed E-state index contributed by atoms with van der Waals surface area (Å²) in [5.74, 6) is -0.213. The molecule has 0 fully saturated rings. The molecule has 0 aliphatic rings. The summed E-state index contributed by atoms with van der Waals surface area (Å²) in [5, 5.41) is 2.10. The standard InChI is InChI=1S/C18H18O3/c1-18(2,3)21-17(19)11-12-8-9-16-14(10-12)13-6-4-5-7-15(13)20-16/h4-10H,11H2,1-3H3. The SMILES string of the molecule is CC(C)(C)OC(=O)Cc1ccc2oc3ccccc3c2c1. The van der Waals surface area contributed by atoms with E-state index >= 15 is 0 Å². The molecule has 3 rings (SSSR count). The number of ether oxygens (including phenoxy) is 1. The fourth-order valence-corrected chi connectivity index (χ4v) is 2.43. The molecule has 0 unspecified atom stereocenters. The van der Waals surface area contributed by atoms with E-state index < -0.39 is 5.60 Å². The summed E-state index contributed by atoms with van der Waals surface area (Å²) in [5.41, 5.74) is 2.18. The Morgan fingerprint density at radius 3 is 2.52 bits per heavy atom. The van der Waals surface area contributed by atoms with Gasteiger partial charge in [-0.25, -0.2) is 0 Å². The minimum Gasteiger partial charge on any atom is -0.460 e. The van der Waals surface area contributed by atoms with E-state index in [1.807, 2.05) is 63.2 Å². The number of rotatable bonds is 2. The van der Waals surface area contributed by atoms with Crippen LogP contribution in [0.15, 0.2) is 46.9 Å². The minimum atomic E-state index is -0.455. The van der Waals surface area contributed by atoms with E-state index in [1.165, 1.54) is 0 Å². The molecule has 108 valence electrons. The maximum absolute atomic E-state index is 11.9. The lowest BCUT2D eigenvalue weighted by atomic mass is 10.1. The molecule has 0 N–H and O–H groups in total. The molecule has 0 aliphatic carbocycles. The number of carbonyl (C=O) groups excluding carboxylic acids is 1. The van der Waals surface area contributed by atoms with Crippen molar-refractivity contribution < 1.29 is 13.9 Å². The molecule has 0 spiro atoms. The number of benzene rings is 2. The van der Waals surface area contributed by atoms with E-state index in [1.54, 1.807) is 0 Å². The Bertz CT molecular complexity index is 806. The first-order valence-corrected chi connectivity index (χ1v) is 7.04. The van der Waals surface area contributed by atoms with Crippen LogP contribution in [0.25, 0.3) is 21.9 Å². The zero-order valence-corrected chi connectivity index (χ0v) is 12.5. The number of furan rings is 1. The van der Waals surface area contributed by atoms with Gasteiger partial charge in [-0.05, 0) is 44.5 Å². The Morgan fingerprint density at radius 2 is 1.76 bits per heavy atom. The van der Waals surface area contributed by atoms with Crippen molar-refractivity contribution in [1.29, 1.82) is 0 Å². The second-order valence-corrected chi connectivity index (χ2v) is 6.19. The third-order valence-corrected chi connectivity index (χ3v) is 3.21. The van der Waals surface area contributed by atoms with E-state index in [2.05, 4.69) is 0 Å². The highest BCUT2D eigenvalue weighted by molar-refractivity contribution is 6.05. The smallest absolute Gasteiger partial charge is 0.310 e. The van der Waals surface area contributed by atoms with Crippen LogP contribution < -0.4 is 0 Å². The molecule has 1 heterocycles. The molecule has 0 radical (unpaired) electrons. The molecule has 0 amide bonds. The lowest BCUT2D eigenvalue weighted by Gasteiger charge is -2.19. The number of carbonyl (C=O) groups is 1. The van der Waals surface area contributed by atoms with Crippen molar-refractivity contribution in [3.05, 3.63) is 48.0 Å². The first kappa shape index (κ1) is 13.7. The average Bonchev–Trinajstić information content (AvgIpc) is 2.74. The van der Waals surface area contributed by atoms with Crippen LogP contribution in [0, 0.1) is 0 Å². The van der Waals surface area contributed by atoms with Crippen LogP contribution in [0.4, 0.5) is 0 Å². The summed E-state index contributed by atoms with van der Waals surface area (Å²) in [6.45, 7) is 5.62. The number of para-hydroxylation sites is 1. The summed E-state index contributed by atoms with van der Waals surface area (Å²) >= 11 is 0. The zero-order valence-electron chi connectivity index (χ0n) is 12.5. The van der Waals surface area contributed by atoms with Crippen molar-refractivity contribution in [2.75, 3.05) is 0 Å². The van der Waals surface area contributed by atoms with Gasteiger partial charge in [-0.1, -0.05) is 24.3 Å². The largest absolute Gasteiger partial charge is 0.460 e. The molecule has 21 heavy (non-hydrogen) atoms. The first-order valence-electron chi connectivity index (χ1n) is 7.04. The number of fused-ring (bicyclic) bond motifs is 3. The molecular weight excluding hydrogens is 264 g/mol. The lowest BCUT2D eigenvalue weighted by Crippen LogP contribution is -2.24. The van der Waals surface area contributed by atoms with Crippen molar-refractivity contribution in [3.63, 3.8) is 0 Å². The van der Waals surface area contributed by atoms with Crippen LogP contribution in [0.1, 0.15) is 26.3 Å². The van der Waals surface area contributed by atoms with Crippen LogP contribution in [0.3, 0.4) is 0 Å². The Morgan fingerprint density at radius 1 is 1.05 bits per heavy atom. The maximum Gasteiger partial charge on any atom is 0.310 e. The highest BCUT2D eigenvalue weighted by atomic mass is 16.6. The summed E-state index contributed by atoms with van der Waals surface area (Å²) in [4.78, 5) is 11.9. The zero-order chi connectivity index (χ0) is 15.0. The van der Waals surface area contributed by atoms with Gasteiger partial charge in [0.1, 0.15) is 16.8 Å². The van der Waals surface area contributed by atoms with Crippen molar-refractivity contribution in [3.8, 4) is 0 Å². The minimum absolute atomic E-state index is 0.213. The van der Waals surface area contributed by atoms with Gasteiger partial charge >= 0.3 is 5.97 Å². The van der Waals surface area contributed by atoms with Gasteiger partial charge in [-0.2, -0.15) is 0 Å². The van der Waals surface area contributed by atoms with E-state index in [0.29, 0.717) is 0 Å². The summed E-state index contributed by atoms with van der Waals surface area (Å²) < 4.78 is 11.1. The lowest BCUT2D eigenvalue weighted by molar-refractivity contribution is -0.153. The molecule has 0 atom stereocenters. The first-order chi connectivity index (χ1) is 9.92. The quantitative estimate of drug-likeness (QED) is 0.651. The third-order valence-electron chi connectivity index (χ3n) is 3.21.